The lowest BCUT2D eigenvalue weighted by molar-refractivity contribution is -0.113. The largest absolute Gasteiger partial charge is 0.496 e. The molecular weight excluding hydrogens is 358 g/mol. The highest BCUT2D eigenvalue weighted by atomic mass is 16.5. The standard InChI is InChI=1S/C20H19N5O3/c1-11-17(19(26)23-13-7-8-15-12(9-13)10-21-25-15)18(24-20(27)22-11)14-5-3-4-6-16(14)28-2/h3-10,18H,1-2H3,(H,21,25)(H,23,26)(H2,22,24,27). The van der Waals surface area contributed by atoms with Gasteiger partial charge in [-0.2, -0.15) is 5.10 Å². The number of aromatic amines is 1. The van der Waals surface area contributed by atoms with Crippen molar-refractivity contribution in [3.05, 3.63) is 65.5 Å². The van der Waals surface area contributed by atoms with E-state index in [1.165, 1.54) is 0 Å². The van der Waals surface area contributed by atoms with Crippen LogP contribution in [-0.4, -0.2) is 29.2 Å². The van der Waals surface area contributed by atoms with E-state index in [1.807, 2.05) is 30.3 Å². The van der Waals surface area contributed by atoms with E-state index in [-0.39, 0.29) is 11.9 Å². The SMILES string of the molecule is COc1ccccc1C1NC(=O)NC(C)=C1C(=O)Nc1ccc2[nH]ncc2c1. The Balaban J connectivity index is 1.70. The molecule has 0 saturated carbocycles. The summed E-state index contributed by atoms with van der Waals surface area (Å²) >= 11 is 0. The number of aromatic nitrogens is 2. The summed E-state index contributed by atoms with van der Waals surface area (Å²) in [4.78, 5) is 25.2. The summed E-state index contributed by atoms with van der Waals surface area (Å²) in [5.41, 5.74) is 3.12. The summed E-state index contributed by atoms with van der Waals surface area (Å²) in [6.45, 7) is 1.70. The lowest BCUT2D eigenvalue weighted by Gasteiger charge is -2.29. The molecule has 1 atom stereocenters. The third-order valence-corrected chi connectivity index (χ3v) is 4.66. The molecule has 1 unspecified atom stereocenters. The van der Waals surface area contributed by atoms with E-state index < -0.39 is 6.04 Å². The molecule has 1 aliphatic rings. The number of carbonyl (C=O) groups is 2. The second-order valence-corrected chi connectivity index (χ2v) is 6.44. The van der Waals surface area contributed by atoms with Crippen LogP contribution in [0.3, 0.4) is 0 Å². The molecule has 4 rings (SSSR count). The smallest absolute Gasteiger partial charge is 0.319 e. The van der Waals surface area contributed by atoms with Crippen molar-refractivity contribution in [1.29, 1.82) is 0 Å². The first kappa shape index (κ1) is 17.6. The summed E-state index contributed by atoms with van der Waals surface area (Å²) in [5, 5.41) is 16.1. The molecule has 2 aromatic carbocycles. The number of nitrogens with zero attached hydrogens (tertiary/aromatic N) is 1. The number of methoxy groups -OCH3 is 1. The normalized spacial score (nSPS) is 16.5. The number of H-pyrrole nitrogens is 1. The monoisotopic (exact) mass is 377 g/mol. The molecule has 142 valence electrons. The molecule has 0 spiro atoms. The van der Waals surface area contributed by atoms with Gasteiger partial charge in [0.05, 0.1) is 30.4 Å². The van der Waals surface area contributed by atoms with Gasteiger partial charge in [0, 0.05) is 22.3 Å². The Morgan fingerprint density at radius 1 is 1.21 bits per heavy atom. The molecule has 8 nitrogen and oxygen atoms in total. The summed E-state index contributed by atoms with van der Waals surface area (Å²) < 4.78 is 5.42. The first-order valence-electron chi connectivity index (χ1n) is 8.72. The molecule has 3 aromatic rings. The number of anilines is 1. The number of carbonyl (C=O) groups excluding carboxylic acids is 2. The first-order chi connectivity index (χ1) is 13.6. The van der Waals surface area contributed by atoms with Gasteiger partial charge in [-0.05, 0) is 31.2 Å². The lowest BCUT2D eigenvalue weighted by atomic mass is 9.94. The van der Waals surface area contributed by atoms with E-state index >= 15 is 0 Å². The molecule has 1 aromatic heterocycles. The molecule has 3 amide bonds. The average Bonchev–Trinajstić information content (AvgIpc) is 3.15. The molecule has 0 saturated heterocycles. The topological polar surface area (TPSA) is 108 Å². The maximum atomic E-state index is 13.1. The second-order valence-electron chi connectivity index (χ2n) is 6.44. The van der Waals surface area contributed by atoms with Crippen molar-refractivity contribution in [2.75, 3.05) is 12.4 Å². The molecule has 8 heteroatoms. The van der Waals surface area contributed by atoms with E-state index in [0.29, 0.717) is 28.3 Å². The number of urea groups is 1. The third-order valence-electron chi connectivity index (χ3n) is 4.66. The number of ether oxygens (including phenoxy) is 1. The number of hydrogen-bond acceptors (Lipinski definition) is 4. The van der Waals surface area contributed by atoms with Crippen LogP contribution >= 0.6 is 0 Å². The average molecular weight is 377 g/mol. The quantitative estimate of drug-likeness (QED) is 0.561. The predicted octanol–water partition coefficient (Wildman–Crippen LogP) is 2.84. The number of para-hydroxylation sites is 1. The number of nitrogens with one attached hydrogen (secondary N) is 4. The van der Waals surface area contributed by atoms with Crippen LogP contribution in [0.2, 0.25) is 0 Å². The summed E-state index contributed by atoms with van der Waals surface area (Å²) in [5.74, 6) is 0.274. The molecule has 0 radical (unpaired) electrons. The Labute approximate surface area is 161 Å². The van der Waals surface area contributed by atoms with E-state index in [2.05, 4.69) is 26.1 Å². The number of allylic oxidation sites excluding steroid dienone is 1. The van der Waals surface area contributed by atoms with Crippen LogP contribution in [0.1, 0.15) is 18.5 Å². The third kappa shape index (κ3) is 3.16. The first-order valence-corrected chi connectivity index (χ1v) is 8.72. The Morgan fingerprint density at radius 2 is 2.04 bits per heavy atom. The fraction of sp³-hybridized carbons (Fsp3) is 0.150. The van der Waals surface area contributed by atoms with Crippen molar-refractivity contribution in [3.63, 3.8) is 0 Å². The number of rotatable bonds is 4. The highest BCUT2D eigenvalue weighted by Crippen LogP contribution is 2.33. The van der Waals surface area contributed by atoms with Crippen LogP contribution in [0.4, 0.5) is 10.5 Å². The lowest BCUT2D eigenvalue weighted by Crippen LogP contribution is -2.46. The van der Waals surface area contributed by atoms with Crippen LogP contribution in [0.25, 0.3) is 10.9 Å². The van der Waals surface area contributed by atoms with Gasteiger partial charge >= 0.3 is 6.03 Å². The highest BCUT2D eigenvalue weighted by molar-refractivity contribution is 6.07. The van der Waals surface area contributed by atoms with Gasteiger partial charge in [-0.3, -0.25) is 9.89 Å². The van der Waals surface area contributed by atoms with E-state index in [1.54, 1.807) is 32.4 Å². The van der Waals surface area contributed by atoms with E-state index in [0.717, 1.165) is 10.9 Å². The number of benzene rings is 2. The van der Waals surface area contributed by atoms with Crippen molar-refractivity contribution >= 4 is 28.5 Å². The van der Waals surface area contributed by atoms with E-state index in [4.69, 9.17) is 4.74 Å². The molecule has 0 bridgehead atoms. The summed E-state index contributed by atoms with van der Waals surface area (Å²) in [6, 6.07) is 11.8. The van der Waals surface area contributed by atoms with Gasteiger partial charge in [0.25, 0.3) is 5.91 Å². The molecule has 4 N–H and O–H groups in total. The van der Waals surface area contributed by atoms with Crippen LogP contribution < -0.4 is 20.7 Å². The van der Waals surface area contributed by atoms with Crippen molar-refractivity contribution < 1.29 is 14.3 Å². The van der Waals surface area contributed by atoms with Gasteiger partial charge in [0.1, 0.15) is 5.75 Å². The Bertz CT molecular complexity index is 1100. The minimum atomic E-state index is -0.637. The van der Waals surface area contributed by atoms with Crippen LogP contribution in [-0.2, 0) is 4.79 Å². The van der Waals surface area contributed by atoms with Gasteiger partial charge in [-0.1, -0.05) is 18.2 Å². The van der Waals surface area contributed by atoms with Crippen molar-refractivity contribution in [2.45, 2.75) is 13.0 Å². The van der Waals surface area contributed by atoms with Crippen LogP contribution in [0.5, 0.6) is 5.75 Å². The molecule has 2 heterocycles. The molecular formula is C20H19N5O3. The van der Waals surface area contributed by atoms with Crippen LogP contribution in [0, 0.1) is 0 Å². The Morgan fingerprint density at radius 3 is 2.86 bits per heavy atom. The summed E-state index contributed by atoms with van der Waals surface area (Å²) in [6.07, 6.45) is 1.69. The van der Waals surface area contributed by atoms with Gasteiger partial charge < -0.3 is 20.7 Å². The van der Waals surface area contributed by atoms with Gasteiger partial charge in [0.2, 0.25) is 0 Å². The molecule has 28 heavy (non-hydrogen) atoms. The Hall–Kier alpha value is -3.81. The van der Waals surface area contributed by atoms with Gasteiger partial charge in [-0.15, -0.1) is 0 Å². The highest BCUT2D eigenvalue weighted by Gasteiger charge is 2.32. The van der Waals surface area contributed by atoms with Gasteiger partial charge in [0.15, 0.2) is 0 Å². The number of hydrogen-bond donors (Lipinski definition) is 4. The maximum Gasteiger partial charge on any atom is 0.319 e. The van der Waals surface area contributed by atoms with Crippen LogP contribution in [0.15, 0.2) is 59.9 Å². The minimum absolute atomic E-state index is 0.316. The minimum Gasteiger partial charge on any atom is -0.496 e. The fourth-order valence-corrected chi connectivity index (χ4v) is 3.35. The van der Waals surface area contributed by atoms with Crippen molar-refractivity contribution in [2.24, 2.45) is 0 Å². The number of fused-ring (bicyclic) bond motifs is 1. The van der Waals surface area contributed by atoms with Gasteiger partial charge in [-0.25, -0.2) is 4.79 Å². The van der Waals surface area contributed by atoms with Crippen molar-refractivity contribution in [3.8, 4) is 5.75 Å². The fourth-order valence-electron chi connectivity index (χ4n) is 3.35. The predicted molar refractivity (Wildman–Crippen MR) is 105 cm³/mol. The summed E-state index contributed by atoms with van der Waals surface area (Å²) in [7, 11) is 1.55. The molecule has 0 aliphatic carbocycles. The zero-order valence-corrected chi connectivity index (χ0v) is 15.4. The molecule has 0 fully saturated rings. The second kappa shape index (κ2) is 7.07. The Kier molecular flexibility index (Phi) is 4.44. The zero-order valence-electron chi connectivity index (χ0n) is 15.4. The van der Waals surface area contributed by atoms with Crippen molar-refractivity contribution in [1.82, 2.24) is 20.8 Å². The zero-order chi connectivity index (χ0) is 19.7. The van der Waals surface area contributed by atoms with E-state index in [9.17, 15) is 9.59 Å². The number of amides is 3. The maximum absolute atomic E-state index is 13.1. The molecule has 1 aliphatic heterocycles.